The Morgan fingerprint density at radius 1 is 1.21 bits per heavy atom. The number of rotatable bonds is 7. The fourth-order valence-corrected chi connectivity index (χ4v) is 2.23. The van der Waals surface area contributed by atoms with E-state index in [-0.39, 0.29) is 19.3 Å². The number of hydrogen-bond donors (Lipinski definition) is 4. The molecule has 1 aromatic heterocycles. The quantitative estimate of drug-likeness (QED) is 0.613. The van der Waals surface area contributed by atoms with Crippen LogP contribution in [0.1, 0.15) is 32.3 Å². The van der Waals surface area contributed by atoms with Crippen LogP contribution in [-0.4, -0.2) is 33.9 Å². The largest absolute Gasteiger partial charge is 0.481 e. The van der Waals surface area contributed by atoms with Gasteiger partial charge in [0, 0.05) is 29.9 Å². The Balaban J connectivity index is 0.00000139. The average molecular weight is 333 g/mol. The summed E-state index contributed by atoms with van der Waals surface area (Å²) in [6.07, 6.45) is 1.54. The second kappa shape index (κ2) is 9.34. The van der Waals surface area contributed by atoms with Crippen LogP contribution in [0.3, 0.4) is 0 Å². The van der Waals surface area contributed by atoms with Gasteiger partial charge in [-0.2, -0.15) is 0 Å². The second-order valence-corrected chi connectivity index (χ2v) is 4.98. The van der Waals surface area contributed by atoms with Crippen molar-refractivity contribution in [2.24, 2.45) is 5.73 Å². The van der Waals surface area contributed by atoms with E-state index in [0.29, 0.717) is 0 Å². The molecule has 2 amide bonds. The van der Waals surface area contributed by atoms with Gasteiger partial charge in [-0.25, -0.2) is 0 Å². The zero-order valence-electron chi connectivity index (χ0n) is 13.8. The standard InChI is InChI=1S/C15H17N3O4.C2H6/c16-15(22)12(18-13(19)5-6-14(20)21)7-9-8-17-11-4-2-1-3-10(9)11;1-2/h1-4,8,12,17H,5-7H2,(H2,16,22)(H,18,19)(H,20,21);1-2H3/t12-;/m0./s1. The number of aliphatic carboxylic acids is 1. The van der Waals surface area contributed by atoms with Crippen molar-refractivity contribution in [3.05, 3.63) is 36.0 Å². The number of nitrogens with one attached hydrogen (secondary N) is 2. The monoisotopic (exact) mass is 333 g/mol. The first-order valence-corrected chi connectivity index (χ1v) is 7.83. The fourth-order valence-electron chi connectivity index (χ4n) is 2.23. The number of para-hydroxylation sites is 1. The number of carboxylic acid groups (broad SMARTS) is 1. The summed E-state index contributed by atoms with van der Waals surface area (Å²) >= 11 is 0. The van der Waals surface area contributed by atoms with E-state index in [2.05, 4.69) is 10.3 Å². The third-order valence-corrected chi connectivity index (χ3v) is 3.34. The Kier molecular flexibility index (Phi) is 7.48. The Morgan fingerprint density at radius 2 is 1.88 bits per heavy atom. The molecule has 0 saturated heterocycles. The highest BCUT2D eigenvalue weighted by Crippen LogP contribution is 2.19. The van der Waals surface area contributed by atoms with Crippen LogP contribution in [0.15, 0.2) is 30.5 Å². The van der Waals surface area contributed by atoms with Crippen molar-refractivity contribution >= 4 is 28.7 Å². The molecule has 0 fully saturated rings. The number of primary amides is 1. The first-order chi connectivity index (χ1) is 11.5. The van der Waals surface area contributed by atoms with E-state index < -0.39 is 23.8 Å². The molecule has 0 radical (unpaired) electrons. The lowest BCUT2D eigenvalue weighted by atomic mass is 10.0. The first kappa shape index (κ1) is 19.2. The van der Waals surface area contributed by atoms with Crippen LogP contribution in [0, 0.1) is 0 Å². The Morgan fingerprint density at radius 3 is 2.50 bits per heavy atom. The van der Waals surface area contributed by atoms with Crippen LogP contribution in [-0.2, 0) is 20.8 Å². The number of amides is 2. The van der Waals surface area contributed by atoms with E-state index in [4.69, 9.17) is 10.8 Å². The average Bonchev–Trinajstić information content (AvgIpc) is 2.97. The zero-order valence-corrected chi connectivity index (χ0v) is 13.8. The zero-order chi connectivity index (χ0) is 18.1. The predicted molar refractivity (Wildman–Crippen MR) is 91.3 cm³/mol. The van der Waals surface area contributed by atoms with E-state index in [9.17, 15) is 14.4 Å². The Labute approximate surface area is 140 Å². The number of aromatic amines is 1. The lowest BCUT2D eigenvalue weighted by Gasteiger charge is -2.15. The molecular weight excluding hydrogens is 310 g/mol. The number of fused-ring (bicyclic) bond motifs is 1. The molecule has 1 atom stereocenters. The maximum Gasteiger partial charge on any atom is 0.303 e. The van der Waals surface area contributed by atoms with E-state index >= 15 is 0 Å². The normalized spacial score (nSPS) is 11.2. The van der Waals surface area contributed by atoms with Gasteiger partial charge in [-0.05, 0) is 11.6 Å². The summed E-state index contributed by atoms with van der Waals surface area (Å²) < 4.78 is 0. The molecule has 2 rings (SSSR count). The number of carbonyl (C=O) groups is 3. The van der Waals surface area contributed by atoms with E-state index in [1.807, 2.05) is 38.1 Å². The number of benzene rings is 1. The van der Waals surface area contributed by atoms with Gasteiger partial charge in [0.1, 0.15) is 6.04 Å². The molecule has 7 heteroatoms. The second-order valence-electron chi connectivity index (χ2n) is 4.98. The third-order valence-electron chi connectivity index (χ3n) is 3.34. The molecule has 0 aliphatic carbocycles. The molecule has 0 unspecified atom stereocenters. The minimum Gasteiger partial charge on any atom is -0.481 e. The molecule has 2 aromatic rings. The van der Waals surface area contributed by atoms with Crippen molar-refractivity contribution in [2.75, 3.05) is 0 Å². The summed E-state index contributed by atoms with van der Waals surface area (Å²) in [6, 6.07) is 6.71. The van der Waals surface area contributed by atoms with Crippen LogP contribution >= 0.6 is 0 Å². The van der Waals surface area contributed by atoms with Crippen LogP contribution in [0.25, 0.3) is 10.9 Å². The number of carboxylic acids is 1. The summed E-state index contributed by atoms with van der Waals surface area (Å²) in [7, 11) is 0. The summed E-state index contributed by atoms with van der Waals surface area (Å²) in [4.78, 5) is 36.7. The van der Waals surface area contributed by atoms with Crippen LogP contribution in [0.2, 0.25) is 0 Å². The van der Waals surface area contributed by atoms with Crippen LogP contribution in [0.5, 0.6) is 0 Å². The van der Waals surface area contributed by atoms with Crippen molar-refractivity contribution in [3.63, 3.8) is 0 Å². The van der Waals surface area contributed by atoms with Gasteiger partial charge in [0.25, 0.3) is 0 Å². The van der Waals surface area contributed by atoms with Gasteiger partial charge in [-0.3, -0.25) is 14.4 Å². The highest BCUT2D eigenvalue weighted by Gasteiger charge is 2.20. The van der Waals surface area contributed by atoms with E-state index in [1.54, 1.807) is 6.20 Å². The first-order valence-electron chi connectivity index (χ1n) is 7.83. The lowest BCUT2D eigenvalue weighted by Crippen LogP contribution is -2.45. The Hall–Kier alpha value is -2.83. The van der Waals surface area contributed by atoms with Gasteiger partial charge in [0.2, 0.25) is 11.8 Å². The highest BCUT2D eigenvalue weighted by molar-refractivity contribution is 5.89. The molecule has 7 nitrogen and oxygen atoms in total. The minimum atomic E-state index is -1.07. The fraction of sp³-hybridized carbons (Fsp3) is 0.353. The van der Waals surface area contributed by atoms with Crippen molar-refractivity contribution in [2.45, 2.75) is 39.2 Å². The van der Waals surface area contributed by atoms with Crippen molar-refractivity contribution in [3.8, 4) is 0 Å². The van der Waals surface area contributed by atoms with Gasteiger partial charge in [-0.1, -0.05) is 32.0 Å². The molecule has 24 heavy (non-hydrogen) atoms. The predicted octanol–water partition coefficient (Wildman–Crippen LogP) is 1.57. The number of nitrogens with two attached hydrogens (primary N) is 1. The maximum absolute atomic E-state index is 11.7. The highest BCUT2D eigenvalue weighted by atomic mass is 16.4. The number of aromatic nitrogens is 1. The van der Waals surface area contributed by atoms with Gasteiger partial charge in [0.15, 0.2) is 0 Å². The topological polar surface area (TPSA) is 125 Å². The third kappa shape index (κ3) is 5.42. The molecule has 0 aliphatic rings. The summed E-state index contributed by atoms with van der Waals surface area (Å²) in [6.45, 7) is 4.00. The summed E-state index contributed by atoms with van der Waals surface area (Å²) in [5.41, 5.74) is 7.11. The molecule has 0 saturated carbocycles. The molecule has 0 spiro atoms. The van der Waals surface area contributed by atoms with Crippen molar-refractivity contribution in [1.82, 2.24) is 10.3 Å². The van der Waals surface area contributed by atoms with Gasteiger partial charge < -0.3 is 21.1 Å². The summed E-state index contributed by atoms with van der Waals surface area (Å²) in [5, 5.41) is 12.0. The van der Waals surface area contributed by atoms with E-state index in [1.165, 1.54) is 0 Å². The van der Waals surface area contributed by atoms with Gasteiger partial charge in [-0.15, -0.1) is 0 Å². The Bertz CT molecular complexity index is 709. The molecule has 130 valence electrons. The molecule has 1 aromatic carbocycles. The molecule has 1 heterocycles. The molecule has 0 aliphatic heterocycles. The summed E-state index contributed by atoms with van der Waals surface area (Å²) in [5.74, 6) is -2.23. The van der Waals surface area contributed by atoms with Crippen LogP contribution < -0.4 is 11.1 Å². The van der Waals surface area contributed by atoms with Crippen molar-refractivity contribution < 1.29 is 19.5 Å². The maximum atomic E-state index is 11.7. The SMILES string of the molecule is CC.NC(=O)[C@H](Cc1c[nH]c2ccccc12)NC(=O)CCC(=O)O. The molecular formula is C17H23N3O4. The molecule has 0 bridgehead atoms. The number of carbonyl (C=O) groups excluding carboxylic acids is 2. The lowest BCUT2D eigenvalue weighted by molar-refractivity contribution is -0.139. The number of hydrogen-bond acceptors (Lipinski definition) is 3. The van der Waals surface area contributed by atoms with Gasteiger partial charge in [0.05, 0.1) is 6.42 Å². The minimum absolute atomic E-state index is 0.188. The number of H-pyrrole nitrogens is 1. The van der Waals surface area contributed by atoms with Crippen molar-refractivity contribution in [1.29, 1.82) is 0 Å². The van der Waals surface area contributed by atoms with Gasteiger partial charge >= 0.3 is 5.97 Å². The van der Waals surface area contributed by atoms with E-state index in [0.717, 1.165) is 16.5 Å². The smallest absolute Gasteiger partial charge is 0.303 e. The molecule has 5 N–H and O–H groups in total. The van der Waals surface area contributed by atoms with Crippen LogP contribution in [0.4, 0.5) is 0 Å².